The van der Waals surface area contributed by atoms with E-state index in [1.165, 1.54) is 14.2 Å². The molecule has 0 heterocycles. The molecule has 18 heavy (non-hydrogen) atoms. The van der Waals surface area contributed by atoms with Crippen molar-refractivity contribution in [2.24, 2.45) is 0 Å². The fourth-order valence-electron chi connectivity index (χ4n) is 2.76. The van der Waals surface area contributed by atoms with Crippen molar-refractivity contribution in [3.63, 3.8) is 0 Å². The van der Waals surface area contributed by atoms with Gasteiger partial charge in [-0.3, -0.25) is 10.5 Å². The third-order valence-electron chi connectivity index (χ3n) is 4.07. The minimum Gasteiger partial charge on any atom is -0.762 e. The van der Waals surface area contributed by atoms with Crippen LogP contribution in [-0.4, -0.2) is 35.8 Å². The monoisotopic (exact) mass is 260 g/mol. The lowest BCUT2D eigenvalue weighted by Gasteiger charge is -2.50. The van der Waals surface area contributed by atoms with E-state index >= 15 is 0 Å². The highest BCUT2D eigenvalue weighted by molar-refractivity contribution is 4.91. The molecule has 1 aliphatic carbocycles. The first-order valence-electron chi connectivity index (χ1n) is 6.41. The summed E-state index contributed by atoms with van der Waals surface area (Å²) in [4.78, 5) is 9.58. The summed E-state index contributed by atoms with van der Waals surface area (Å²) in [5.41, 5.74) is -0.978. The van der Waals surface area contributed by atoms with Crippen LogP contribution in [0.25, 0.3) is 0 Å². The van der Waals surface area contributed by atoms with Crippen LogP contribution in [0.1, 0.15) is 52.4 Å². The van der Waals surface area contributed by atoms with Crippen molar-refractivity contribution in [3.05, 3.63) is 10.4 Å². The molecule has 1 aliphatic rings. The van der Waals surface area contributed by atoms with Crippen molar-refractivity contribution in [2.75, 3.05) is 14.2 Å². The Morgan fingerprint density at radius 2 is 1.06 bits per heavy atom. The van der Waals surface area contributed by atoms with Gasteiger partial charge in [-0.25, -0.2) is 0 Å². The second kappa shape index (κ2) is 6.27. The standard InChI is InChI=1S/C12H24N2O4/c1-11(13(15)17-3)7-5-9-12(2,10-6-8-11)14(16)18-4/h5-10H2,1-4H3/q-2. The highest BCUT2D eigenvalue weighted by atomic mass is 16.9. The molecular weight excluding hydrogens is 236 g/mol. The third-order valence-corrected chi connectivity index (χ3v) is 4.07. The van der Waals surface area contributed by atoms with Crippen LogP contribution in [-0.2, 0) is 9.68 Å². The van der Waals surface area contributed by atoms with Gasteiger partial charge in [0.05, 0.1) is 14.2 Å². The molecule has 1 rings (SSSR count). The molecule has 0 amide bonds. The Labute approximate surface area is 109 Å². The van der Waals surface area contributed by atoms with Gasteiger partial charge in [0.25, 0.3) is 0 Å². The second-order valence-corrected chi connectivity index (χ2v) is 5.58. The van der Waals surface area contributed by atoms with Crippen molar-refractivity contribution in [3.8, 4) is 0 Å². The smallest absolute Gasteiger partial charge is 0.0563 e. The summed E-state index contributed by atoms with van der Waals surface area (Å²) < 4.78 is 0. The predicted octanol–water partition coefficient (Wildman–Crippen LogP) is 2.58. The predicted molar refractivity (Wildman–Crippen MR) is 68.9 cm³/mol. The molecule has 0 atom stereocenters. The summed E-state index contributed by atoms with van der Waals surface area (Å²) in [6.45, 7) is 3.83. The molecule has 0 aliphatic heterocycles. The SMILES string of the molecule is CON([O-])C1(C)CCCC(C)(N([O-])OC)CCC1. The normalized spacial score (nSPS) is 34.7. The molecule has 0 aromatic carbocycles. The van der Waals surface area contributed by atoms with E-state index in [0.717, 1.165) is 38.5 Å². The first-order chi connectivity index (χ1) is 8.38. The zero-order chi connectivity index (χ0) is 13.8. The number of rotatable bonds is 4. The molecule has 108 valence electrons. The highest BCUT2D eigenvalue weighted by Gasteiger charge is 2.34. The van der Waals surface area contributed by atoms with Gasteiger partial charge in [-0.1, -0.05) is 0 Å². The van der Waals surface area contributed by atoms with Gasteiger partial charge in [0.1, 0.15) is 0 Å². The van der Waals surface area contributed by atoms with E-state index in [1.54, 1.807) is 0 Å². The van der Waals surface area contributed by atoms with Gasteiger partial charge in [-0.05, 0) is 52.4 Å². The van der Waals surface area contributed by atoms with E-state index in [2.05, 4.69) is 0 Å². The number of hydrogen-bond acceptors (Lipinski definition) is 6. The van der Waals surface area contributed by atoms with E-state index in [4.69, 9.17) is 9.68 Å². The number of hydrogen-bond donors (Lipinski definition) is 0. The lowest BCUT2D eigenvalue weighted by Crippen LogP contribution is -2.47. The Morgan fingerprint density at radius 1 is 0.778 bits per heavy atom. The largest absolute Gasteiger partial charge is 0.762 e. The lowest BCUT2D eigenvalue weighted by molar-refractivity contribution is -0.182. The van der Waals surface area contributed by atoms with Crippen LogP contribution in [0.3, 0.4) is 0 Å². The Bertz CT molecular complexity index is 228. The molecule has 6 nitrogen and oxygen atoms in total. The molecule has 6 heteroatoms. The molecule has 0 radical (unpaired) electrons. The molecule has 0 bridgehead atoms. The maximum atomic E-state index is 11.7. The molecule has 1 fully saturated rings. The second-order valence-electron chi connectivity index (χ2n) is 5.58. The molecule has 0 aromatic heterocycles. The van der Waals surface area contributed by atoms with Gasteiger partial charge < -0.3 is 20.1 Å². The summed E-state index contributed by atoms with van der Waals surface area (Å²) in [5, 5.41) is 24.8. The molecule has 0 N–H and O–H groups in total. The van der Waals surface area contributed by atoms with Crippen molar-refractivity contribution in [1.82, 2.24) is 10.5 Å². The van der Waals surface area contributed by atoms with Crippen molar-refractivity contribution in [2.45, 2.75) is 63.5 Å². The van der Waals surface area contributed by atoms with Gasteiger partial charge in [-0.2, -0.15) is 0 Å². The topological polar surface area (TPSA) is 71.1 Å². The molecule has 0 unspecified atom stereocenters. The average Bonchev–Trinajstić information content (AvgIpc) is 2.34. The summed E-state index contributed by atoms with van der Waals surface area (Å²) in [6.07, 6.45) is 4.48. The lowest BCUT2D eigenvalue weighted by atomic mass is 9.79. The molecule has 1 saturated carbocycles. The maximum Gasteiger partial charge on any atom is 0.0563 e. The van der Waals surface area contributed by atoms with E-state index < -0.39 is 11.1 Å². The van der Waals surface area contributed by atoms with Crippen molar-refractivity contribution < 1.29 is 9.68 Å². The van der Waals surface area contributed by atoms with Gasteiger partial charge >= 0.3 is 0 Å². The van der Waals surface area contributed by atoms with Crippen LogP contribution in [0.4, 0.5) is 0 Å². The Hall–Kier alpha value is -0.240. The fraction of sp³-hybridized carbons (Fsp3) is 1.00. The van der Waals surface area contributed by atoms with Gasteiger partial charge in [0.2, 0.25) is 0 Å². The van der Waals surface area contributed by atoms with E-state index in [0.29, 0.717) is 10.5 Å². The highest BCUT2D eigenvalue weighted by Crippen LogP contribution is 2.36. The van der Waals surface area contributed by atoms with Crippen LogP contribution >= 0.6 is 0 Å². The Kier molecular flexibility index (Phi) is 5.51. The van der Waals surface area contributed by atoms with Crippen molar-refractivity contribution >= 4 is 0 Å². The van der Waals surface area contributed by atoms with Gasteiger partial charge in [0, 0.05) is 11.1 Å². The summed E-state index contributed by atoms with van der Waals surface area (Å²) in [6, 6.07) is 0. The van der Waals surface area contributed by atoms with Gasteiger partial charge in [0.15, 0.2) is 0 Å². The fourth-order valence-corrected chi connectivity index (χ4v) is 2.76. The molecule has 0 spiro atoms. The van der Waals surface area contributed by atoms with Crippen molar-refractivity contribution in [1.29, 1.82) is 0 Å². The van der Waals surface area contributed by atoms with Gasteiger partial charge in [-0.15, -0.1) is 0 Å². The number of nitrogens with zero attached hydrogens (tertiary/aromatic N) is 2. The zero-order valence-corrected chi connectivity index (χ0v) is 11.8. The van der Waals surface area contributed by atoms with E-state index in [9.17, 15) is 10.4 Å². The van der Waals surface area contributed by atoms with Crippen LogP contribution in [0.15, 0.2) is 0 Å². The molecular formula is C12H24N2O4-2. The quantitative estimate of drug-likeness (QED) is 0.723. The summed E-state index contributed by atoms with van der Waals surface area (Å²) in [7, 11) is 2.79. The summed E-state index contributed by atoms with van der Waals surface area (Å²) >= 11 is 0. The van der Waals surface area contributed by atoms with E-state index in [-0.39, 0.29) is 0 Å². The summed E-state index contributed by atoms with van der Waals surface area (Å²) in [5.74, 6) is 0. The van der Waals surface area contributed by atoms with Crippen LogP contribution in [0.2, 0.25) is 0 Å². The number of hydroxylamine groups is 4. The van der Waals surface area contributed by atoms with Crippen LogP contribution in [0.5, 0.6) is 0 Å². The first kappa shape index (κ1) is 15.8. The minimum absolute atomic E-state index is 0.489. The zero-order valence-electron chi connectivity index (χ0n) is 11.8. The average molecular weight is 260 g/mol. The minimum atomic E-state index is -0.489. The Balaban J connectivity index is 2.65. The van der Waals surface area contributed by atoms with Crippen LogP contribution in [0, 0.1) is 10.4 Å². The first-order valence-corrected chi connectivity index (χ1v) is 6.41. The third kappa shape index (κ3) is 3.40. The molecule has 0 aromatic rings. The Morgan fingerprint density at radius 3 is 1.28 bits per heavy atom. The van der Waals surface area contributed by atoms with Crippen LogP contribution < -0.4 is 0 Å². The molecule has 0 saturated heterocycles. The van der Waals surface area contributed by atoms with E-state index in [1.807, 2.05) is 13.8 Å². The maximum absolute atomic E-state index is 11.7.